The number of ether oxygens (including phenoxy) is 1. The number of anilines is 1. The molecule has 4 rings (SSSR count). The molecule has 0 unspecified atom stereocenters. The molecule has 3 heterocycles. The average Bonchev–Trinajstić information content (AvgIpc) is 3.06. The summed E-state index contributed by atoms with van der Waals surface area (Å²) in [5, 5.41) is 4.04. The van der Waals surface area contributed by atoms with Gasteiger partial charge in [0.05, 0.1) is 12.5 Å². The van der Waals surface area contributed by atoms with Crippen molar-refractivity contribution < 1.29 is 13.9 Å². The molecule has 1 saturated heterocycles. The van der Waals surface area contributed by atoms with Crippen LogP contribution in [0.3, 0.4) is 0 Å². The molecule has 0 saturated carbocycles. The molecule has 0 bridgehead atoms. The summed E-state index contributed by atoms with van der Waals surface area (Å²) >= 11 is 0. The first-order chi connectivity index (χ1) is 14.1. The van der Waals surface area contributed by atoms with Crippen LogP contribution in [0.5, 0.6) is 5.75 Å². The van der Waals surface area contributed by atoms with Crippen LogP contribution in [0, 0.1) is 19.8 Å². The van der Waals surface area contributed by atoms with Crippen molar-refractivity contribution in [2.45, 2.75) is 33.2 Å². The number of nitrogens with one attached hydrogen (secondary N) is 1. The number of furan rings is 1. The number of aromatic nitrogens is 2. The minimum Gasteiger partial charge on any atom is -0.497 e. The number of hydrogen-bond donors (Lipinski definition) is 1. The average molecular weight is 394 g/mol. The molecule has 0 spiro atoms. The SMILES string of the molecule is COc1ccc(CNC(=O)C2CCN(c3ncnc4oc(C)c(C)c34)CC2)cc1. The van der Waals surface area contributed by atoms with Gasteiger partial charge in [0.25, 0.3) is 0 Å². The summed E-state index contributed by atoms with van der Waals surface area (Å²) in [6.45, 7) is 6.09. The summed E-state index contributed by atoms with van der Waals surface area (Å²) in [5.74, 6) is 2.72. The lowest BCUT2D eigenvalue weighted by molar-refractivity contribution is -0.125. The zero-order valence-corrected chi connectivity index (χ0v) is 17.1. The highest BCUT2D eigenvalue weighted by Crippen LogP contribution is 2.32. The summed E-state index contributed by atoms with van der Waals surface area (Å²) < 4.78 is 10.9. The molecule has 0 atom stereocenters. The van der Waals surface area contributed by atoms with Crippen molar-refractivity contribution in [1.82, 2.24) is 15.3 Å². The number of piperidine rings is 1. The Labute approximate surface area is 170 Å². The van der Waals surface area contributed by atoms with Crippen LogP contribution in [0.2, 0.25) is 0 Å². The van der Waals surface area contributed by atoms with E-state index in [1.54, 1.807) is 13.4 Å². The molecule has 1 fully saturated rings. The zero-order chi connectivity index (χ0) is 20.4. The van der Waals surface area contributed by atoms with Crippen LogP contribution in [-0.2, 0) is 11.3 Å². The maximum absolute atomic E-state index is 12.6. The van der Waals surface area contributed by atoms with E-state index in [0.29, 0.717) is 12.3 Å². The van der Waals surface area contributed by atoms with Crippen molar-refractivity contribution in [3.63, 3.8) is 0 Å². The molecule has 7 heteroatoms. The Hall–Kier alpha value is -3.09. The number of carbonyl (C=O) groups is 1. The van der Waals surface area contributed by atoms with Gasteiger partial charge in [-0.2, -0.15) is 0 Å². The van der Waals surface area contributed by atoms with Gasteiger partial charge < -0.3 is 19.4 Å². The van der Waals surface area contributed by atoms with Crippen molar-refractivity contribution in [3.8, 4) is 5.75 Å². The molecular formula is C22H26N4O3. The molecule has 152 valence electrons. The Morgan fingerprint density at radius 1 is 1.21 bits per heavy atom. The number of fused-ring (bicyclic) bond motifs is 1. The highest BCUT2D eigenvalue weighted by Gasteiger charge is 2.27. The van der Waals surface area contributed by atoms with Crippen molar-refractivity contribution in [1.29, 1.82) is 0 Å². The highest BCUT2D eigenvalue weighted by atomic mass is 16.5. The topological polar surface area (TPSA) is 80.5 Å². The van der Waals surface area contributed by atoms with E-state index in [2.05, 4.69) is 20.2 Å². The summed E-state index contributed by atoms with van der Waals surface area (Å²) in [6.07, 6.45) is 3.15. The molecule has 0 radical (unpaired) electrons. The predicted molar refractivity (Wildman–Crippen MR) is 111 cm³/mol. The monoisotopic (exact) mass is 394 g/mol. The number of methoxy groups -OCH3 is 1. The summed E-state index contributed by atoms with van der Waals surface area (Å²) in [4.78, 5) is 23.6. The Kier molecular flexibility index (Phi) is 5.38. The van der Waals surface area contributed by atoms with E-state index in [-0.39, 0.29) is 11.8 Å². The van der Waals surface area contributed by atoms with Gasteiger partial charge in [0.15, 0.2) is 0 Å². The van der Waals surface area contributed by atoms with Gasteiger partial charge in [-0.3, -0.25) is 4.79 Å². The maximum atomic E-state index is 12.6. The molecular weight excluding hydrogens is 368 g/mol. The van der Waals surface area contributed by atoms with E-state index >= 15 is 0 Å². The third kappa shape index (κ3) is 3.90. The van der Waals surface area contributed by atoms with Crippen LogP contribution in [-0.4, -0.2) is 36.1 Å². The molecule has 1 aliphatic heterocycles. The fraction of sp³-hybridized carbons (Fsp3) is 0.409. The number of hydrogen-bond acceptors (Lipinski definition) is 6. The minimum absolute atomic E-state index is 0.0222. The first kappa shape index (κ1) is 19.2. The van der Waals surface area contributed by atoms with Crippen molar-refractivity contribution >= 4 is 22.8 Å². The van der Waals surface area contributed by atoms with Gasteiger partial charge in [0.1, 0.15) is 23.7 Å². The third-order valence-electron chi connectivity index (χ3n) is 5.74. The van der Waals surface area contributed by atoms with E-state index in [1.165, 1.54) is 0 Å². The summed E-state index contributed by atoms with van der Waals surface area (Å²) in [6, 6.07) is 7.75. The fourth-order valence-corrected chi connectivity index (χ4v) is 3.83. The number of carbonyl (C=O) groups excluding carboxylic acids is 1. The number of amides is 1. The van der Waals surface area contributed by atoms with E-state index in [0.717, 1.165) is 59.8 Å². The van der Waals surface area contributed by atoms with Crippen LogP contribution in [0.25, 0.3) is 11.1 Å². The van der Waals surface area contributed by atoms with E-state index in [1.807, 2.05) is 38.1 Å². The number of benzene rings is 1. The van der Waals surface area contributed by atoms with Crippen LogP contribution in [0.1, 0.15) is 29.7 Å². The molecule has 0 aliphatic carbocycles. The second-order valence-corrected chi connectivity index (χ2v) is 7.49. The molecule has 1 aliphatic rings. The zero-order valence-electron chi connectivity index (χ0n) is 17.1. The van der Waals surface area contributed by atoms with Crippen LogP contribution >= 0.6 is 0 Å². The second-order valence-electron chi connectivity index (χ2n) is 7.49. The maximum Gasteiger partial charge on any atom is 0.231 e. The first-order valence-electron chi connectivity index (χ1n) is 9.93. The lowest BCUT2D eigenvalue weighted by Gasteiger charge is -2.32. The molecule has 7 nitrogen and oxygen atoms in total. The minimum atomic E-state index is 0.0222. The Bertz CT molecular complexity index is 1000. The van der Waals surface area contributed by atoms with Crippen molar-refractivity contribution in [3.05, 3.63) is 47.5 Å². The van der Waals surface area contributed by atoms with Gasteiger partial charge in [-0.15, -0.1) is 0 Å². The van der Waals surface area contributed by atoms with Crippen LogP contribution < -0.4 is 15.0 Å². The molecule has 1 amide bonds. The van der Waals surface area contributed by atoms with Gasteiger partial charge in [-0.25, -0.2) is 9.97 Å². The Morgan fingerprint density at radius 3 is 2.62 bits per heavy atom. The lowest BCUT2D eigenvalue weighted by atomic mass is 9.95. The van der Waals surface area contributed by atoms with E-state index in [9.17, 15) is 4.79 Å². The Balaban J connectivity index is 1.36. The van der Waals surface area contributed by atoms with Gasteiger partial charge >= 0.3 is 0 Å². The third-order valence-corrected chi connectivity index (χ3v) is 5.74. The van der Waals surface area contributed by atoms with Gasteiger partial charge in [0.2, 0.25) is 11.6 Å². The number of nitrogens with zero attached hydrogens (tertiary/aromatic N) is 3. The van der Waals surface area contributed by atoms with Gasteiger partial charge in [-0.1, -0.05) is 12.1 Å². The molecule has 29 heavy (non-hydrogen) atoms. The molecule has 1 aromatic carbocycles. The predicted octanol–water partition coefficient (Wildman–Crippen LogP) is 3.38. The molecule has 3 aromatic rings. The normalized spacial score (nSPS) is 14.9. The van der Waals surface area contributed by atoms with E-state index < -0.39 is 0 Å². The standard InChI is InChI=1S/C22H26N4O3/c1-14-15(2)29-22-19(14)20(24-13-25-22)26-10-8-17(9-11-26)21(27)23-12-16-4-6-18(28-3)7-5-16/h4-7,13,17H,8-12H2,1-3H3,(H,23,27). The van der Waals surface area contributed by atoms with Gasteiger partial charge in [-0.05, 0) is 44.4 Å². The Morgan fingerprint density at radius 2 is 1.93 bits per heavy atom. The van der Waals surface area contributed by atoms with Crippen molar-refractivity contribution in [2.75, 3.05) is 25.1 Å². The summed E-state index contributed by atoms with van der Waals surface area (Å²) in [5.41, 5.74) is 2.77. The van der Waals surface area contributed by atoms with Crippen LogP contribution in [0.15, 0.2) is 35.0 Å². The smallest absolute Gasteiger partial charge is 0.231 e. The largest absolute Gasteiger partial charge is 0.497 e. The summed E-state index contributed by atoms with van der Waals surface area (Å²) in [7, 11) is 1.64. The molecule has 1 N–H and O–H groups in total. The quantitative estimate of drug-likeness (QED) is 0.715. The highest BCUT2D eigenvalue weighted by molar-refractivity contribution is 5.90. The van der Waals surface area contributed by atoms with Crippen LogP contribution in [0.4, 0.5) is 5.82 Å². The van der Waals surface area contributed by atoms with Gasteiger partial charge in [0, 0.05) is 31.1 Å². The lowest BCUT2D eigenvalue weighted by Crippen LogP contribution is -2.40. The fourth-order valence-electron chi connectivity index (χ4n) is 3.83. The number of rotatable bonds is 5. The molecule has 2 aromatic heterocycles. The number of aryl methyl sites for hydroxylation is 2. The van der Waals surface area contributed by atoms with Crippen molar-refractivity contribution in [2.24, 2.45) is 5.92 Å². The van der Waals surface area contributed by atoms with E-state index in [4.69, 9.17) is 9.15 Å². The first-order valence-corrected chi connectivity index (χ1v) is 9.93. The second kappa shape index (κ2) is 8.11.